The van der Waals surface area contributed by atoms with Gasteiger partial charge in [0.25, 0.3) is 5.91 Å². The van der Waals surface area contributed by atoms with Crippen LogP contribution in [-0.4, -0.2) is 39.9 Å². The molecule has 0 fully saturated rings. The Balaban J connectivity index is 1.43. The number of carbonyl (C=O) groups excluding carboxylic acids is 1. The van der Waals surface area contributed by atoms with Crippen molar-refractivity contribution in [1.82, 2.24) is 20.1 Å². The van der Waals surface area contributed by atoms with Gasteiger partial charge in [0.2, 0.25) is 0 Å². The highest BCUT2D eigenvalue weighted by atomic mass is 16.6. The fourth-order valence-electron chi connectivity index (χ4n) is 3.81. The van der Waals surface area contributed by atoms with Gasteiger partial charge < -0.3 is 14.8 Å². The average molecular weight is 428 g/mol. The van der Waals surface area contributed by atoms with E-state index in [0.29, 0.717) is 30.1 Å². The van der Waals surface area contributed by atoms with Crippen molar-refractivity contribution >= 4 is 16.9 Å². The molecule has 1 aliphatic heterocycles. The molecule has 0 unspecified atom stereocenters. The average Bonchev–Trinajstić information content (AvgIpc) is 3.27. The van der Waals surface area contributed by atoms with Crippen LogP contribution in [0.4, 0.5) is 0 Å². The molecule has 1 amide bonds. The zero-order valence-corrected chi connectivity index (χ0v) is 18.0. The number of para-hydroxylation sites is 2. The van der Waals surface area contributed by atoms with Crippen LogP contribution >= 0.6 is 0 Å². The van der Waals surface area contributed by atoms with Gasteiger partial charge in [-0.15, -0.1) is 0 Å². The van der Waals surface area contributed by atoms with Gasteiger partial charge in [0.05, 0.1) is 29.4 Å². The van der Waals surface area contributed by atoms with Gasteiger partial charge in [-0.2, -0.15) is 5.10 Å². The lowest BCUT2D eigenvalue weighted by molar-refractivity contribution is 0.0790. The number of pyridine rings is 1. The van der Waals surface area contributed by atoms with Crippen molar-refractivity contribution in [2.75, 3.05) is 13.2 Å². The van der Waals surface area contributed by atoms with E-state index in [2.05, 4.69) is 10.4 Å². The molecular weight excluding hydrogens is 404 g/mol. The van der Waals surface area contributed by atoms with E-state index in [-0.39, 0.29) is 18.1 Å². The summed E-state index contributed by atoms with van der Waals surface area (Å²) in [5.74, 6) is 1.22. The maximum absolute atomic E-state index is 13.2. The Morgan fingerprint density at radius 1 is 1.12 bits per heavy atom. The molecule has 1 aliphatic rings. The highest BCUT2D eigenvalue weighted by molar-refractivity contribution is 6.06. The maximum Gasteiger partial charge on any atom is 0.252 e. The smallest absolute Gasteiger partial charge is 0.252 e. The van der Waals surface area contributed by atoms with Gasteiger partial charge in [-0.05, 0) is 32.0 Å². The minimum Gasteiger partial charge on any atom is -0.486 e. The van der Waals surface area contributed by atoms with E-state index in [9.17, 15) is 4.79 Å². The van der Waals surface area contributed by atoms with Gasteiger partial charge in [-0.3, -0.25) is 4.79 Å². The van der Waals surface area contributed by atoms with Crippen LogP contribution in [-0.2, 0) is 0 Å². The van der Waals surface area contributed by atoms with Crippen molar-refractivity contribution in [3.05, 3.63) is 72.4 Å². The Labute approximate surface area is 186 Å². The number of fused-ring (bicyclic) bond motifs is 2. The summed E-state index contributed by atoms with van der Waals surface area (Å²) in [6.45, 7) is 4.79. The first-order valence-electron chi connectivity index (χ1n) is 10.7. The normalized spacial score (nSPS) is 15.2. The van der Waals surface area contributed by atoms with E-state index in [1.807, 2.05) is 79.2 Å². The van der Waals surface area contributed by atoms with E-state index in [1.54, 1.807) is 6.20 Å². The third-order valence-corrected chi connectivity index (χ3v) is 5.43. The summed E-state index contributed by atoms with van der Waals surface area (Å²) < 4.78 is 13.6. The number of hydrogen-bond acceptors (Lipinski definition) is 5. The van der Waals surface area contributed by atoms with E-state index in [0.717, 1.165) is 22.4 Å². The second-order valence-corrected chi connectivity index (χ2v) is 8.05. The lowest BCUT2D eigenvalue weighted by Crippen LogP contribution is -2.40. The molecule has 5 rings (SSSR count). The molecule has 0 saturated heterocycles. The van der Waals surface area contributed by atoms with E-state index in [4.69, 9.17) is 14.5 Å². The fraction of sp³-hybridized carbons (Fsp3) is 0.240. The van der Waals surface area contributed by atoms with Gasteiger partial charge >= 0.3 is 0 Å². The fourth-order valence-corrected chi connectivity index (χ4v) is 3.81. The Morgan fingerprint density at radius 3 is 2.66 bits per heavy atom. The van der Waals surface area contributed by atoms with E-state index in [1.165, 1.54) is 0 Å². The molecule has 0 bridgehead atoms. The first-order valence-corrected chi connectivity index (χ1v) is 10.7. The van der Waals surface area contributed by atoms with Gasteiger partial charge in [0.15, 0.2) is 17.1 Å². The number of hydrogen-bond donors (Lipinski definition) is 1. The Bertz CT molecular complexity index is 1270. The Hall–Kier alpha value is -3.87. The second kappa shape index (κ2) is 8.34. The van der Waals surface area contributed by atoms with Crippen LogP contribution in [0, 0.1) is 0 Å². The molecule has 0 radical (unpaired) electrons. The number of aromatic nitrogens is 3. The zero-order chi connectivity index (χ0) is 22.1. The number of nitrogens with zero attached hydrogens (tertiary/aromatic N) is 3. The van der Waals surface area contributed by atoms with Crippen LogP contribution in [0.5, 0.6) is 11.5 Å². The van der Waals surface area contributed by atoms with Crippen LogP contribution < -0.4 is 14.8 Å². The zero-order valence-electron chi connectivity index (χ0n) is 18.0. The summed E-state index contributed by atoms with van der Waals surface area (Å²) in [6.07, 6.45) is 1.45. The Kier molecular flexibility index (Phi) is 5.23. The van der Waals surface area contributed by atoms with Crippen LogP contribution in [0.1, 0.15) is 30.2 Å². The molecule has 1 N–H and O–H groups in total. The standard InChI is InChI=1S/C25H24N4O3/c1-16(2)29-24-20(14-27-29)19(12-21(28-24)17-8-4-3-5-9-17)25(30)26-13-18-15-31-22-10-6-7-11-23(22)32-18/h3-12,14,16,18H,13,15H2,1-2H3,(H,26,30)/t18-/m0/s1. The van der Waals surface area contributed by atoms with Crippen molar-refractivity contribution in [3.63, 3.8) is 0 Å². The monoisotopic (exact) mass is 428 g/mol. The lowest BCUT2D eigenvalue weighted by atomic mass is 10.1. The third kappa shape index (κ3) is 3.77. The summed E-state index contributed by atoms with van der Waals surface area (Å²) in [7, 11) is 0. The highest BCUT2D eigenvalue weighted by Gasteiger charge is 2.23. The molecule has 2 aromatic heterocycles. The lowest BCUT2D eigenvalue weighted by Gasteiger charge is -2.26. The van der Waals surface area contributed by atoms with Gasteiger partial charge in [-0.25, -0.2) is 9.67 Å². The summed E-state index contributed by atoms with van der Waals surface area (Å²) in [6, 6.07) is 19.3. The van der Waals surface area contributed by atoms with E-state index >= 15 is 0 Å². The molecule has 7 heteroatoms. The summed E-state index contributed by atoms with van der Waals surface area (Å²) in [5.41, 5.74) is 2.91. The molecule has 4 aromatic rings. The van der Waals surface area contributed by atoms with Gasteiger partial charge in [0, 0.05) is 11.6 Å². The van der Waals surface area contributed by atoms with E-state index < -0.39 is 0 Å². The van der Waals surface area contributed by atoms with Crippen molar-refractivity contribution in [3.8, 4) is 22.8 Å². The minimum absolute atomic E-state index is 0.120. The van der Waals surface area contributed by atoms with Crippen molar-refractivity contribution in [1.29, 1.82) is 0 Å². The number of nitrogens with one attached hydrogen (secondary N) is 1. The van der Waals surface area contributed by atoms with Crippen LogP contribution in [0.25, 0.3) is 22.3 Å². The number of carbonyl (C=O) groups is 1. The molecule has 1 atom stereocenters. The largest absolute Gasteiger partial charge is 0.486 e. The van der Waals surface area contributed by atoms with Crippen molar-refractivity contribution in [2.24, 2.45) is 0 Å². The highest BCUT2D eigenvalue weighted by Crippen LogP contribution is 2.31. The first-order chi connectivity index (χ1) is 15.6. The summed E-state index contributed by atoms with van der Waals surface area (Å²) in [4.78, 5) is 18.1. The number of benzene rings is 2. The first kappa shape index (κ1) is 20.1. The van der Waals surface area contributed by atoms with Gasteiger partial charge in [-0.1, -0.05) is 42.5 Å². The SMILES string of the molecule is CC(C)n1ncc2c(C(=O)NC[C@H]3COc4ccccc4O3)cc(-c3ccccc3)nc21. The predicted molar refractivity (Wildman–Crippen MR) is 122 cm³/mol. The molecule has 7 nitrogen and oxygen atoms in total. The van der Waals surface area contributed by atoms with Crippen molar-refractivity contribution in [2.45, 2.75) is 26.0 Å². The number of ether oxygens (including phenoxy) is 2. The van der Waals surface area contributed by atoms with Crippen molar-refractivity contribution < 1.29 is 14.3 Å². The predicted octanol–water partition coefficient (Wildman–Crippen LogP) is 4.25. The Morgan fingerprint density at radius 2 is 1.88 bits per heavy atom. The minimum atomic E-state index is -0.266. The summed E-state index contributed by atoms with van der Waals surface area (Å²) >= 11 is 0. The topological polar surface area (TPSA) is 78.3 Å². The number of rotatable bonds is 5. The maximum atomic E-state index is 13.2. The molecule has 2 aromatic carbocycles. The molecule has 3 heterocycles. The molecular formula is C25H24N4O3. The van der Waals surface area contributed by atoms with Gasteiger partial charge in [0.1, 0.15) is 12.7 Å². The van der Waals surface area contributed by atoms with Crippen LogP contribution in [0.3, 0.4) is 0 Å². The molecule has 0 spiro atoms. The third-order valence-electron chi connectivity index (χ3n) is 5.43. The molecule has 0 saturated carbocycles. The molecule has 32 heavy (non-hydrogen) atoms. The van der Waals surface area contributed by atoms with Crippen LogP contribution in [0.15, 0.2) is 66.9 Å². The quantitative estimate of drug-likeness (QED) is 0.514. The van der Waals surface area contributed by atoms with Crippen LogP contribution in [0.2, 0.25) is 0 Å². The number of amides is 1. The molecule has 162 valence electrons. The summed E-state index contributed by atoms with van der Waals surface area (Å²) in [5, 5.41) is 8.20. The second-order valence-electron chi connectivity index (χ2n) is 8.05. The molecule has 0 aliphatic carbocycles.